The van der Waals surface area contributed by atoms with E-state index < -0.39 is 0 Å². The molecule has 2 heterocycles. The number of hydrogen-bond donors (Lipinski definition) is 1. The van der Waals surface area contributed by atoms with E-state index in [-0.39, 0.29) is 5.91 Å². The molecule has 3 rings (SSSR count). The Labute approximate surface area is 134 Å². The van der Waals surface area contributed by atoms with Crippen LogP contribution < -0.4 is 5.43 Å². The average molecular weight is 335 g/mol. The van der Waals surface area contributed by atoms with Gasteiger partial charge in [0, 0.05) is 15.0 Å². The number of benzene rings is 1. The van der Waals surface area contributed by atoms with Gasteiger partial charge in [0.2, 0.25) is 0 Å². The fourth-order valence-corrected chi connectivity index (χ4v) is 3.98. The largest absolute Gasteiger partial charge is 0.283 e. The molecule has 106 valence electrons. The first-order chi connectivity index (χ1) is 10.1. The standard InChI is InChI=1S/C15H11ClN2OS2/c1-9-4-5-11-12(7-9)21-14(13(11)16)15(19)18-17-8-10-3-2-6-20-10/h2-8H,1H3,(H,18,19)/b17-8+. The Morgan fingerprint density at radius 3 is 3.00 bits per heavy atom. The molecule has 2 aromatic heterocycles. The lowest BCUT2D eigenvalue weighted by Crippen LogP contribution is -2.16. The van der Waals surface area contributed by atoms with Crippen molar-refractivity contribution >= 4 is 56.5 Å². The maximum atomic E-state index is 12.2. The number of hydrazone groups is 1. The fraction of sp³-hybridized carbons (Fsp3) is 0.0667. The molecule has 3 nitrogen and oxygen atoms in total. The number of aryl methyl sites for hydroxylation is 1. The van der Waals surface area contributed by atoms with Crippen LogP contribution in [-0.4, -0.2) is 12.1 Å². The highest BCUT2D eigenvalue weighted by molar-refractivity contribution is 7.21. The van der Waals surface area contributed by atoms with Crippen molar-refractivity contribution in [2.75, 3.05) is 0 Å². The van der Waals surface area contributed by atoms with Crippen LogP contribution in [-0.2, 0) is 0 Å². The Bertz CT molecular complexity index is 822. The molecule has 6 heteroatoms. The highest BCUT2D eigenvalue weighted by Gasteiger charge is 2.16. The molecule has 0 saturated carbocycles. The molecule has 0 aliphatic rings. The van der Waals surface area contributed by atoms with E-state index in [1.807, 2.05) is 42.6 Å². The maximum Gasteiger partial charge on any atom is 0.283 e. The van der Waals surface area contributed by atoms with Crippen molar-refractivity contribution in [2.45, 2.75) is 6.92 Å². The van der Waals surface area contributed by atoms with E-state index in [0.29, 0.717) is 9.90 Å². The number of nitrogens with one attached hydrogen (secondary N) is 1. The summed E-state index contributed by atoms with van der Waals surface area (Å²) in [4.78, 5) is 13.6. The number of hydrogen-bond acceptors (Lipinski definition) is 4. The molecule has 0 aliphatic carbocycles. The number of nitrogens with zero attached hydrogens (tertiary/aromatic N) is 1. The number of carbonyl (C=O) groups is 1. The molecular weight excluding hydrogens is 324 g/mol. The third-order valence-corrected chi connectivity index (χ3v) is 5.36. The summed E-state index contributed by atoms with van der Waals surface area (Å²) < 4.78 is 1.01. The van der Waals surface area contributed by atoms with E-state index in [2.05, 4.69) is 10.5 Å². The summed E-state index contributed by atoms with van der Waals surface area (Å²) >= 11 is 9.22. The SMILES string of the molecule is Cc1ccc2c(Cl)c(C(=O)N/N=C/c3cccs3)sc2c1. The first-order valence-corrected chi connectivity index (χ1v) is 8.28. The summed E-state index contributed by atoms with van der Waals surface area (Å²) in [6.45, 7) is 2.01. The predicted octanol–water partition coefficient (Wildman–Crippen LogP) is 4.69. The molecule has 1 N–H and O–H groups in total. The second-order valence-corrected chi connectivity index (χ2v) is 6.87. The normalized spacial score (nSPS) is 11.3. The van der Waals surface area contributed by atoms with E-state index in [9.17, 15) is 4.79 Å². The van der Waals surface area contributed by atoms with E-state index in [4.69, 9.17) is 11.6 Å². The Hall–Kier alpha value is -1.69. The average Bonchev–Trinajstić information content (AvgIpc) is 3.07. The van der Waals surface area contributed by atoms with Gasteiger partial charge in [0.05, 0.1) is 11.2 Å². The van der Waals surface area contributed by atoms with E-state index in [1.54, 1.807) is 17.6 Å². The van der Waals surface area contributed by atoms with E-state index in [1.165, 1.54) is 11.3 Å². The monoisotopic (exact) mass is 334 g/mol. The molecule has 0 bridgehead atoms. The lowest BCUT2D eigenvalue weighted by atomic mass is 10.2. The molecule has 3 aromatic rings. The smallest absolute Gasteiger partial charge is 0.266 e. The molecule has 0 aliphatic heterocycles. The highest BCUT2D eigenvalue weighted by Crippen LogP contribution is 2.35. The second-order valence-electron chi connectivity index (χ2n) is 4.46. The third-order valence-electron chi connectivity index (χ3n) is 2.89. The van der Waals surface area contributed by atoms with Gasteiger partial charge in [0.1, 0.15) is 4.88 Å². The van der Waals surface area contributed by atoms with Gasteiger partial charge in [-0.3, -0.25) is 4.79 Å². The van der Waals surface area contributed by atoms with Crippen molar-refractivity contribution in [2.24, 2.45) is 5.10 Å². The molecule has 21 heavy (non-hydrogen) atoms. The van der Waals surface area contributed by atoms with Crippen LogP contribution in [0.15, 0.2) is 40.8 Å². The van der Waals surface area contributed by atoms with Crippen molar-refractivity contribution < 1.29 is 4.79 Å². The molecule has 0 spiro atoms. The summed E-state index contributed by atoms with van der Waals surface area (Å²) in [5, 5.41) is 7.29. The van der Waals surface area contributed by atoms with Gasteiger partial charge in [-0.2, -0.15) is 5.10 Å². The first kappa shape index (κ1) is 14.3. The van der Waals surface area contributed by atoms with Crippen molar-refractivity contribution in [3.05, 3.63) is 56.1 Å². The van der Waals surface area contributed by atoms with Gasteiger partial charge in [0.15, 0.2) is 0 Å². The zero-order valence-corrected chi connectivity index (χ0v) is 13.5. The lowest BCUT2D eigenvalue weighted by Gasteiger charge is -1.96. The zero-order chi connectivity index (χ0) is 14.8. The van der Waals surface area contributed by atoms with Gasteiger partial charge in [-0.1, -0.05) is 29.8 Å². The Morgan fingerprint density at radius 1 is 1.38 bits per heavy atom. The molecular formula is C15H11ClN2OS2. The second kappa shape index (κ2) is 5.97. The Kier molecular flexibility index (Phi) is 4.05. The van der Waals surface area contributed by atoms with Crippen LogP contribution in [0.4, 0.5) is 0 Å². The van der Waals surface area contributed by atoms with Crippen LogP contribution in [0, 0.1) is 6.92 Å². The minimum absolute atomic E-state index is 0.286. The number of fused-ring (bicyclic) bond motifs is 1. The molecule has 0 radical (unpaired) electrons. The van der Waals surface area contributed by atoms with Crippen LogP contribution >= 0.6 is 34.3 Å². The highest BCUT2D eigenvalue weighted by atomic mass is 35.5. The molecule has 0 unspecified atom stereocenters. The maximum absolute atomic E-state index is 12.2. The number of halogens is 1. The van der Waals surface area contributed by atoms with Gasteiger partial charge in [0.25, 0.3) is 5.91 Å². The summed E-state index contributed by atoms with van der Waals surface area (Å²) in [6, 6.07) is 9.80. The summed E-state index contributed by atoms with van der Waals surface area (Å²) in [5.74, 6) is -0.286. The number of carbonyl (C=O) groups excluding carboxylic acids is 1. The van der Waals surface area contributed by atoms with Gasteiger partial charge >= 0.3 is 0 Å². The Balaban J connectivity index is 1.83. The van der Waals surface area contributed by atoms with Crippen LogP contribution in [0.3, 0.4) is 0 Å². The van der Waals surface area contributed by atoms with Gasteiger partial charge in [-0.05, 0) is 30.0 Å². The van der Waals surface area contributed by atoms with Gasteiger partial charge < -0.3 is 0 Å². The van der Waals surface area contributed by atoms with Crippen LogP contribution in [0.1, 0.15) is 20.1 Å². The van der Waals surface area contributed by atoms with E-state index in [0.717, 1.165) is 20.5 Å². The minimum atomic E-state index is -0.286. The van der Waals surface area contributed by atoms with Crippen molar-refractivity contribution in [1.82, 2.24) is 5.43 Å². The molecule has 0 fully saturated rings. The summed E-state index contributed by atoms with van der Waals surface area (Å²) in [6.07, 6.45) is 1.62. The topological polar surface area (TPSA) is 41.5 Å². The lowest BCUT2D eigenvalue weighted by molar-refractivity contribution is 0.0959. The Morgan fingerprint density at radius 2 is 2.24 bits per heavy atom. The number of thiophene rings is 2. The van der Waals surface area contributed by atoms with E-state index >= 15 is 0 Å². The van der Waals surface area contributed by atoms with Crippen LogP contribution in [0.25, 0.3) is 10.1 Å². The first-order valence-electron chi connectivity index (χ1n) is 6.21. The van der Waals surface area contributed by atoms with Crippen LogP contribution in [0.2, 0.25) is 5.02 Å². The summed E-state index contributed by atoms with van der Waals surface area (Å²) in [7, 11) is 0. The molecule has 1 amide bonds. The zero-order valence-electron chi connectivity index (χ0n) is 11.1. The minimum Gasteiger partial charge on any atom is -0.266 e. The molecule has 0 saturated heterocycles. The van der Waals surface area contributed by atoms with Gasteiger partial charge in [-0.15, -0.1) is 22.7 Å². The number of amides is 1. The van der Waals surface area contributed by atoms with Gasteiger partial charge in [-0.25, -0.2) is 5.43 Å². The quantitative estimate of drug-likeness (QED) is 0.548. The summed E-state index contributed by atoms with van der Waals surface area (Å²) in [5.41, 5.74) is 3.66. The molecule has 0 atom stereocenters. The third kappa shape index (κ3) is 3.00. The number of rotatable bonds is 3. The van der Waals surface area contributed by atoms with Crippen molar-refractivity contribution in [3.63, 3.8) is 0 Å². The van der Waals surface area contributed by atoms with Crippen molar-refractivity contribution in [3.8, 4) is 0 Å². The molecule has 1 aromatic carbocycles. The van der Waals surface area contributed by atoms with Crippen molar-refractivity contribution in [1.29, 1.82) is 0 Å². The predicted molar refractivity (Wildman–Crippen MR) is 91.0 cm³/mol. The fourth-order valence-electron chi connectivity index (χ4n) is 1.89. The van der Waals surface area contributed by atoms with Crippen LogP contribution in [0.5, 0.6) is 0 Å².